The minimum absolute atomic E-state index is 0.0954. The summed E-state index contributed by atoms with van der Waals surface area (Å²) in [4.78, 5) is 22.6. The maximum absolute atomic E-state index is 12.7. The second-order valence-corrected chi connectivity index (χ2v) is 18.5. The van der Waals surface area contributed by atoms with Crippen molar-refractivity contribution in [2.24, 2.45) is 5.73 Å². The number of esters is 1. The fraction of sp³-hybridized carbons (Fsp3) is 0.792. The number of rotatable bonds is 49. The maximum Gasteiger partial charge on any atom is 0.472 e. The van der Waals surface area contributed by atoms with E-state index < -0.39 is 13.9 Å². The summed E-state index contributed by atoms with van der Waals surface area (Å²) in [6.07, 6.45) is 62.5. The van der Waals surface area contributed by atoms with Gasteiger partial charge in [0.1, 0.15) is 6.10 Å². The topological polar surface area (TPSA) is 117 Å². The van der Waals surface area contributed by atoms with Crippen molar-refractivity contribution < 1.29 is 32.8 Å². The van der Waals surface area contributed by atoms with E-state index in [0.717, 1.165) is 64.2 Å². The quantitative estimate of drug-likeness (QED) is 0.0268. The molecule has 0 aromatic carbocycles. The molecular formula is C53H98NO7P. The molecule has 3 N–H and O–H groups in total. The van der Waals surface area contributed by atoms with Crippen molar-refractivity contribution in [3.05, 3.63) is 60.8 Å². The van der Waals surface area contributed by atoms with Gasteiger partial charge in [-0.1, -0.05) is 203 Å². The summed E-state index contributed by atoms with van der Waals surface area (Å²) in [5.74, 6) is -0.343. The second kappa shape index (κ2) is 50.2. The van der Waals surface area contributed by atoms with Gasteiger partial charge in [0, 0.05) is 19.6 Å². The molecule has 362 valence electrons. The average Bonchev–Trinajstić information content (AvgIpc) is 3.26. The summed E-state index contributed by atoms with van der Waals surface area (Å²) in [5.41, 5.74) is 5.39. The number of phosphoric ester groups is 1. The van der Waals surface area contributed by atoms with Crippen LogP contribution in [0.1, 0.15) is 232 Å². The number of carbonyl (C=O) groups excluding carboxylic acids is 1. The van der Waals surface area contributed by atoms with Gasteiger partial charge in [0.25, 0.3) is 0 Å². The van der Waals surface area contributed by atoms with E-state index in [1.54, 1.807) is 0 Å². The lowest BCUT2D eigenvalue weighted by atomic mass is 10.1. The zero-order chi connectivity index (χ0) is 45.1. The average molecular weight is 892 g/mol. The largest absolute Gasteiger partial charge is 0.472 e. The molecule has 8 nitrogen and oxygen atoms in total. The van der Waals surface area contributed by atoms with Gasteiger partial charge in [-0.15, -0.1) is 0 Å². The number of unbranched alkanes of at least 4 members (excludes halogenated alkanes) is 26. The first-order valence-electron chi connectivity index (χ1n) is 25.8. The Morgan fingerprint density at radius 3 is 1.27 bits per heavy atom. The predicted molar refractivity (Wildman–Crippen MR) is 266 cm³/mol. The van der Waals surface area contributed by atoms with Gasteiger partial charge in [-0.3, -0.25) is 13.8 Å². The van der Waals surface area contributed by atoms with Crippen LogP contribution in [0.3, 0.4) is 0 Å². The first kappa shape index (κ1) is 60.2. The highest BCUT2D eigenvalue weighted by atomic mass is 31.2. The third kappa shape index (κ3) is 49.2. The molecule has 0 heterocycles. The first-order valence-corrected chi connectivity index (χ1v) is 27.3. The Morgan fingerprint density at radius 1 is 0.484 bits per heavy atom. The third-order valence-corrected chi connectivity index (χ3v) is 11.9. The number of phosphoric acid groups is 1. The van der Waals surface area contributed by atoms with Crippen molar-refractivity contribution in [3.63, 3.8) is 0 Å². The molecule has 0 fully saturated rings. The van der Waals surface area contributed by atoms with Gasteiger partial charge in [-0.25, -0.2) is 4.57 Å². The highest BCUT2D eigenvalue weighted by Gasteiger charge is 2.25. The lowest BCUT2D eigenvalue weighted by molar-refractivity contribution is -0.154. The molecule has 2 atom stereocenters. The Labute approximate surface area is 383 Å². The molecule has 0 bridgehead atoms. The molecule has 0 amide bonds. The van der Waals surface area contributed by atoms with Crippen LogP contribution in [0.5, 0.6) is 0 Å². The van der Waals surface area contributed by atoms with Crippen LogP contribution in [-0.2, 0) is 27.9 Å². The molecule has 0 saturated heterocycles. The van der Waals surface area contributed by atoms with Crippen LogP contribution in [0.15, 0.2) is 60.8 Å². The van der Waals surface area contributed by atoms with Crippen LogP contribution in [0.4, 0.5) is 0 Å². The monoisotopic (exact) mass is 892 g/mol. The zero-order valence-corrected chi connectivity index (χ0v) is 41.2. The van der Waals surface area contributed by atoms with Crippen LogP contribution in [0.2, 0.25) is 0 Å². The Balaban J connectivity index is 3.99. The molecule has 0 aromatic heterocycles. The zero-order valence-electron chi connectivity index (χ0n) is 40.3. The molecular weight excluding hydrogens is 794 g/mol. The number of carbonyl (C=O) groups is 1. The molecule has 0 aliphatic carbocycles. The molecule has 0 saturated carbocycles. The van der Waals surface area contributed by atoms with E-state index in [9.17, 15) is 14.3 Å². The highest BCUT2D eigenvalue weighted by molar-refractivity contribution is 7.47. The van der Waals surface area contributed by atoms with E-state index >= 15 is 0 Å². The number of ether oxygens (including phenoxy) is 2. The van der Waals surface area contributed by atoms with Crippen LogP contribution in [-0.4, -0.2) is 49.9 Å². The van der Waals surface area contributed by atoms with Gasteiger partial charge in [0.05, 0.1) is 19.8 Å². The van der Waals surface area contributed by atoms with E-state index in [1.165, 1.54) is 148 Å². The summed E-state index contributed by atoms with van der Waals surface area (Å²) >= 11 is 0. The van der Waals surface area contributed by atoms with E-state index in [-0.39, 0.29) is 32.3 Å². The fourth-order valence-electron chi connectivity index (χ4n) is 7.09. The Morgan fingerprint density at radius 2 is 0.855 bits per heavy atom. The van der Waals surface area contributed by atoms with Crippen molar-refractivity contribution in [1.29, 1.82) is 0 Å². The summed E-state index contributed by atoms with van der Waals surface area (Å²) < 4.78 is 33.6. The van der Waals surface area contributed by atoms with Crippen LogP contribution in [0.25, 0.3) is 0 Å². The predicted octanol–water partition coefficient (Wildman–Crippen LogP) is 16.1. The van der Waals surface area contributed by atoms with Crippen molar-refractivity contribution in [2.45, 2.75) is 238 Å². The lowest BCUT2D eigenvalue weighted by Gasteiger charge is -2.20. The fourth-order valence-corrected chi connectivity index (χ4v) is 7.86. The van der Waals surface area contributed by atoms with E-state index in [2.05, 4.69) is 74.6 Å². The van der Waals surface area contributed by atoms with Gasteiger partial charge < -0.3 is 20.1 Å². The first-order chi connectivity index (χ1) is 30.4. The number of hydrogen-bond acceptors (Lipinski definition) is 7. The summed E-state index contributed by atoms with van der Waals surface area (Å²) in [6, 6.07) is 0. The molecule has 2 unspecified atom stereocenters. The molecule has 0 aliphatic rings. The maximum atomic E-state index is 12.7. The van der Waals surface area contributed by atoms with Crippen LogP contribution >= 0.6 is 7.82 Å². The van der Waals surface area contributed by atoms with E-state index in [0.29, 0.717) is 13.0 Å². The summed E-state index contributed by atoms with van der Waals surface area (Å²) in [6.45, 7) is 4.89. The van der Waals surface area contributed by atoms with Crippen LogP contribution < -0.4 is 5.73 Å². The molecule has 0 aliphatic heterocycles. The summed E-state index contributed by atoms with van der Waals surface area (Å²) in [7, 11) is -4.29. The Hall–Kier alpha value is -1.80. The molecule has 0 aromatic rings. The van der Waals surface area contributed by atoms with Gasteiger partial charge >= 0.3 is 13.8 Å². The minimum atomic E-state index is -4.29. The molecule has 62 heavy (non-hydrogen) atoms. The smallest absolute Gasteiger partial charge is 0.457 e. The van der Waals surface area contributed by atoms with Crippen molar-refractivity contribution in [2.75, 3.05) is 33.0 Å². The Kier molecular flexibility index (Phi) is 48.7. The van der Waals surface area contributed by atoms with Gasteiger partial charge in [-0.05, 0) is 83.5 Å². The van der Waals surface area contributed by atoms with Crippen molar-refractivity contribution >= 4 is 13.8 Å². The second-order valence-electron chi connectivity index (χ2n) is 17.0. The summed E-state index contributed by atoms with van der Waals surface area (Å²) in [5, 5.41) is 0. The van der Waals surface area contributed by atoms with Gasteiger partial charge in [0.15, 0.2) is 0 Å². The molecule has 9 heteroatoms. The Bertz CT molecular complexity index is 1140. The standard InChI is InChI=1S/C53H98NO7P/c1-3-5-7-9-11-13-15-17-19-21-23-25-27-29-31-33-35-37-39-41-43-45-48-58-50-52(51-60-62(56,57)59-49-47-54)61-53(55)46-44-42-40-38-36-34-32-30-28-26-24-22-20-18-16-14-12-10-8-6-4-2/h15-18,21-24,28,30,52H,3-14,19-20,25-27,29,31-51,54H2,1-2H3,(H,56,57)/b17-15-,18-16-,23-21-,24-22-,30-28-. The van der Waals surface area contributed by atoms with E-state index in [1.807, 2.05) is 0 Å². The normalized spacial score (nSPS) is 13.8. The number of nitrogens with two attached hydrogens (primary N) is 1. The van der Waals surface area contributed by atoms with Crippen LogP contribution in [0, 0.1) is 0 Å². The van der Waals surface area contributed by atoms with Gasteiger partial charge in [-0.2, -0.15) is 0 Å². The molecule has 0 spiro atoms. The third-order valence-electron chi connectivity index (χ3n) is 10.9. The SMILES string of the molecule is CCCCCCC/C=C\C/C=C\C/C=C\CCCCCCCCC(=O)OC(COCCCCCCCCCCCC/C=C\C/C=C\CCCCCCC)COP(=O)(O)OCCN. The number of hydrogen-bond donors (Lipinski definition) is 2. The molecule has 0 rings (SSSR count). The number of allylic oxidation sites excluding steroid dienone is 10. The van der Waals surface area contributed by atoms with Gasteiger partial charge in [0.2, 0.25) is 0 Å². The highest BCUT2D eigenvalue weighted by Crippen LogP contribution is 2.43. The minimum Gasteiger partial charge on any atom is -0.457 e. The van der Waals surface area contributed by atoms with Crippen molar-refractivity contribution in [3.8, 4) is 0 Å². The molecule has 0 radical (unpaired) electrons. The van der Waals surface area contributed by atoms with Crippen molar-refractivity contribution in [1.82, 2.24) is 0 Å². The van der Waals surface area contributed by atoms with E-state index in [4.69, 9.17) is 24.3 Å². The lowest BCUT2D eigenvalue weighted by Crippen LogP contribution is -2.28.